The summed E-state index contributed by atoms with van der Waals surface area (Å²) in [4.78, 5) is 35.7. The van der Waals surface area contributed by atoms with Gasteiger partial charge in [0.15, 0.2) is 5.69 Å². The summed E-state index contributed by atoms with van der Waals surface area (Å²) in [5, 5.41) is 8.56. The van der Waals surface area contributed by atoms with Crippen molar-refractivity contribution in [3.63, 3.8) is 0 Å². The minimum absolute atomic E-state index is 0.0849. The summed E-state index contributed by atoms with van der Waals surface area (Å²) in [5.41, 5.74) is -2.25. The van der Waals surface area contributed by atoms with Crippen LogP contribution in [0.1, 0.15) is 54.1 Å². The molecule has 0 saturated carbocycles. The summed E-state index contributed by atoms with van der Waals surface area (Å²) in [6.07, 6.45) is -4.53. The maximum absolute atomic E-state index is 13.3. The highest BCUT2D eigenvalue weighted by atomic mass is 19.4. The van der Waals surface area contributed by atoms with Crippen LogP contribution in [0.15, 0.2) is 30.5 Å². The van der Waals surface area contributed by atoms with Gasteiger partial charge < -0.3 is 20.1 Å². The van der Waals surface area contributed by atoms with E-state index < -0.39 is 41.0 Å². The quantitative estimate of drug-likeness (QED) is 0.474. The molecule has 2 amide bonds. The van der Waals surface area contributed by atoms with E-state index >= 15 is 0 Å². The van der Waals surface area contributed by atoms with Crippen LogP contribution in [-0.4, -0.2) is 53.0 Å². The van der Waals surface area contributed by atoms with E-state index in [0.29, 0.717) is 0 Å². The molecule has 2 aromatic rings. The predicted molar refractivity (Wildman–Crippen MR) is 111 cm³/mol. The number of hydrogen-bond acceptors (Lipinski definition) is 6. The number of benzene rings is 1. The molecule has 0 atom stereocenters. The fourth-order valence-electron chi connectivity index (χ4n) is 2.60. The van der Waals surface area contributed by atoms with Gasteiger partial charge in [-0.1, -0.05) is 0 Å². The van der Waals surface area contributed by atoms with Gasteiger partial charge in [0, 0.05) is 24.8 Å². The topological polar surface area (TPSA) is 112 Å². The van der Waals surface area contributed by atoms with Crippen LogP contribution < -0.4 is 10.6 Å². The number of hydrogen-bond donors (Lipinski definition) is 2. The molecule has 0 aliphatic heterocycles. The monoisotopic (exact) mass is 470 g/mol. The zero-order valence-electron chi connectivity index (χ0n) is 18.6. The van der Waals surface area contributed by atoms with Crippen LogP contribution >= 0.6 is 0 Å². The van der Waals surface area contributed by atoms with Crippen molar-refractivity contribution in [2.45, 2.75) is 39.5 Å². The van der Waals surface area contributed by atoms with Gasteiger partial charge in [-0.15, -0.1) is 0 Å². The molecule has 0 saturated heterocycles. The van der Waals surface area contributed by atoms with E-state index in [-0.39, 0.29) is 30.9 Å². The minimum Gasteiger partial charge on any atom is -0.462 e. The number of amides is 2. The molecule has 9 nitrogen and oxygen atoms in total. The Kier molecular flexibility index (Phi) is 8.07. The van der Waals surface area contributed by atoms with Gasteiger partial charge in [0.25, 0.3) is 5.91 Å². The van der Waals surface area contributed by atoms with Crippen molar-refractivity contribution >= 4 is 18.0 Å². The summed E-state index contributed by atoms with van der Waals surface area (Å²) in [7, 11) is 0. The molecule has 0 bridgehead atoms. The van der Waals surface area contributed by atoms with Gasteiger partial charge in [-0.25, -0.2) is 14.3 Å². The van der Waals surface area contributed by atoms with E-state index in [0.717, 1.165) is 10.9 Å². The number of alkyl carbamates (subject to hydrolysis) is 1. The number of halogens is 3. The highest BCUT2D eigenvalue weighted by molar-refractivity contribution is 5.94. The first-order valence-corrected chi connectivity index (χ1v) is 10.0. The Morgan fingerprint density at radius 3 is 2.18 bits per heavy atom. The highest BCUT2D eigenvalue weighted by Crippen LogP contribution is 2.31. The van der Waals surface area contributed by atoms with Crippen molar-refractivity contribution in [2.75, 3.05) is 19.7 Å². The Labute approximate surface area is 188 Å². The molecule has 0 radical (unpaired) electrons. The van der Waals surface area contributed by atoms with Crippen LogP contribution in [0.2, 0.25) is 0 Å². The molecule has 0 aliphatic rings. The van der Waals surface area contributed by atoms with Crippen LogP contribution in [0, 0.1) is 0 Å². The molecule has 0 spiro atoms. The number of alkyl halides is 3. The SMILES string of the molecule is CCOC(=O)c1cn(-c2ccc(C(=O)NCCNC(=O)OC(C)(C)C)cc2)nc1C(F)(F)F. The number of nitrogens with zero attached hydrogens (tertiary/aromatic N) is 2. The van der Waals surface area contributed by atoms with Gasteiger partial charge >= 0.3 is 18.2 Å². The molecular formula is C21H25F3N4O5. The van der Waals surface area contributed by atoms with E-state index in [4.69, 9.17) is 4.74 Å². The van der Waals surface area contributed by atoms with Crippen molar-refractivity contribution in [2.24, 2.45) is 0 Å². The third-order valence-corrected chi connectivity index (χ3v) is 3.95. The van der Waals surface area contributed by atoms with E-state index in [1.807, 2.05) is 0 Å². The van der Waals surface area contributed by atoms with Crippen molar-refractivity contribution in [3.8, 4) is 5.69 Å². The van der Waals surface area contributed by atoms with E-state index in [9.17, 15) is 27.6 Å². The van der Waals surface area contributed by atoms with Gasteiger partial charge in [-0.2, -0.15) is 18.3 Å². The number of ether oxygens (including phenoxy) is 2. The molecule has 33 heavy (non-hydrogen) atoms. The number of carbonyl (C=O) groups excluding carboxylic acids is 3. The third-order valence-electron chi connectivity index (χ3n) is 3.95. The predicted octanol–water partition coefficient (Wildman–Crippen LogP) is 3.32. The smallest absolute Gasteiger partial charge is 0.436 e. The molecule has 1 heterocycles. The van der Waals surface area contributed by atoms with Gasteiger partial charge in [0.05, 0.1) is 12.3 Å². The summed E-state index contributed by atoms with van der Waals surface area (Å²) in [6.45, 7) is 6.85. The Balaban J connectivity index is 2.03. The largest absolute Gasteiger partial charge is 0.462 e. The zero-order valence-corrected chi connectivity index (χ0v) is 18.6. The summed E-state index contributed by atoms with van der Waals surface area (Å²) >= 11 is 0. The molecule has 180 valence electrons. The van der Waals surface area contributed by atoms with E-state index in [2.05, 4.69) is 20.5 Å². The van der Waals surface area contributed by atoms with Crippen LogP contribution in [0.25, 0.3) is 5.69 Å². The first-order chi connectivity index (χ1) is 15.3. The van der Waals surface area contributed by atoms with Gasteiger partial charge in [0.2, 0.25) is 0 Å². The minimum atomic E-state index is -4.85. The van der Waals surface area contributed by atoms with Crippen LogP contribution in [0.3, 0.4) is 0 Å². The van der Waals surface area contributed by atoms with E-state index in [1.165, 1.54) is 31.2 Å². The van der Waals surface area contributed by atoms with Crippen molar-refractivity contribution in [1.29, 1.82) is 0 Å². The first kappa shape index (κ1) is 25.7. The number of esters is 1. The van der Waals surface area contributed by atoms with Crippen LogP contribution in [0.4, 0.5) is 18.0 Å². The number of rotatable bonds is 7. The fourth-order valence-corrected chi connectivity index (χ4v) is 2.60. The average molecular weight is 470 g/mol. The fraction of sp³-hybridized carbons (Fsp3) is 0.429. The Bertz CT molecular complexity index is 995. The van der Waals surface area contributed by atoms with Crippen molar-refractivity contribution < 1.29 is 37.0 Å². The van der Waals surface area contributed by atoms with Gasteiger partial charge in [0.1, 0.15) is 11.2 Å². The Morgan fingerprint density at radius 1 is 1.03 bits per heavy atom. The lowest BCUT2D eigenvalue weighted by Gasteiger charge is -2.19. The summed E-state index contributed by atoms with van der Waals surface area (Å²) < 4.78 is 50.4. The number of nitrogens with one attached hydrogen (secondary N) is 2. The van der Waals surface area contributed by atoms with Crippen LogP contribution in [-0.2, 0) is 15.7 Å². The number of carbonyl (C=O) groups is 3. The van der Waals surface area contributed by atoms with Crippen LogP contribution in [0.5, 0.6) is 0 Å². The molecule has 2 rings (SSSR count). The summed E-state index contributed by atoms with van der Waals surface area (Å²) in [5.74, 6) is -1.58. The second-order valence-electron chi connectivity index (χ2n) is 7.79. The van der Waals surface area contributed by atoms with Crippen molar-refractivity contribution in [3.05, 3.63) is 47.3 Å². The normalized spacial score (nSPS) is 11.6. The molecule has 12 heteroatoms. The lowest BCUT2D eigenvalue weighted by molar-refractivity contribution is -0.141. The number of aromatic nitrogens is 2. The third kappa shape index (κ3) is 7.51. The molecule has 2 N–H and O–H groups in total. The lowest BCUT2D eigenvalue weighted by Crippen LogP contribution is -2.37. The first-order valence-electron chi connectivity index (χ1n) is 10.0. The Hall–Kier alpha value is -3.57. The Morgan fingerprint density at radius 2 is 1.64 bits per heavy atom. The molecule has 0 fully saturated rings. The van der Waals surface area contributed by atoms with Gasteiger partial charge in [-0.3, -0.25) is 4.79 Å². The second kappa shape index (κ2) is 10.4. The molecule has 0 aliphatic carbocycles. The standard InChI is InChI=1S/C21H25F3N4O5/c1-5-32-18(30)15-12-28(27-16(15)21(22,23)24)14-8-6-13(7-9-14)17(29)25-10-11-26-19(31)33-20(2,3)4/h6-9,12H,5,10-11H2,1-4H3,(H,25,29)(H,26,31). The maximum Gasteiger partial charge on any atom is 0.436 e. The highest BCUT2D eigenvalue weighted by Gasteiger charge is 2.39. The van der Waals surface area contributed by atoms with E-state index in [1.54, 1.807) is 20.8 Å². The molecule has 0 unspecified atom stereocenters. The molecular weight excluding hydrogens is 445 g/mol. The lowest BCUT2D eigenvalue weighted by atomic mass is 10.2. The molecule has 1 aromatic heterocycles. The molecule has 1 aromatic carbocycles. The zero-order chi connectivity index (χ0) is 24.8. The van der Waals surface area contributed by atoms with Crippen molar-refractivity contribution in [1.82, 2.24) is 20.4 Å². The second-order valence-corrected chi connectivity index (χ2v) is 7.79. The summed E-state index contributed by atoms with van der Waals surface area (Å²) in [6, 6.07) is 5.56. The van der Waals surface area contributed by atoms with Gasteiger partial charge in [-0.05, 0) is 52.0 Å². The maximum atomic E-state index is 13.3. The average Bonchev–Trinajstić information content (AvgIpc) is 3.16.